The molecule has 16 heteroatoms. The first-order valence-corrected chi connectivity index (χ1v) is 14.8. The van der Waals surface area contributed by atoms with Crippen LogP contribution in [0.2, 0.25) is 0 Å². The highest BCUT2D eigenvalue weighted by Crippen LogP contribution is 2.34. The van der Waals surface area contributed by atoms with Crippen molar-refractivity contribution in [3.05, 3.63) is 36.4 Å². The molecule has 0 bridgehead atoms. The molecule has 0 aromatic heterocycles. The van der Waals surface area contributed by atoms with E-state index >= 15 is 0 Å². The highest BCUT2D eigenvalue weighted by Gasteiger charge is 2.49. The number of esters is 6. The Balaban J connectivity index is 1.64. The summed E-state index contributed by atoms with van der Waals surface area (Å²) >= 11 is 0. The normalized spacial score (nSPS) is 26.7. The predicted molar refractivity (Wildman–Crippen MR) is 158 cm³/mol. The monoisotopic (exact) mass is 676 g/mol. The fraction of sp³-hybridized carbons (Fsp3) is 0.500. The zero-order valence-corrected chi connectivity index (χ0v) is 27.0. The second-order valence-electron chi connectivity index (χ2n) is 10.9. The maximum Gasteiger partial charge on any atom is 0.303 e. The van der Waals surface area contributed by atoms with Crippen LogP contribution in [0.15, 0.2) is 36.4 Å². The first-order valence-electron chi connectivity index (χ1n) is 14.8. The summed E-state index contributed by atoms with van der Waals surface area (Å²) in [6.07, 6.45) is -9.91. The molecule has 2 fully saturated rings. The zero-order chi connectivity index (χ0) is 35.1. The summed E-state index contributed by atoms with van der Waals surface area (Å²) in [5.41, 5.74) is 0. The van der Waals surface area contributed by atoms with Crippen molar-refractivity contribution in [2.45, 2.75) is 90.7 Å². The van der Waals surface area contributed by atoms with Gasteiger partial charge in [-0.05, 0) is 23.6 Å². The Hall–Kier alpha value is -4.96. The zero-order valence-electron chi connectivity index (χ0n) is 27.0. The SMILES string of the molecule is CC(=O)O[C@@H]1[C@@H](OC(C)=O)[C@H](Oc2ccc3cccc(O[C@@H]4OC[C@@H](OC(C)=O)[C@H](OC(C)=O)[C@H]4OC(C)=O)c3c2)OC[C@H]1OC(C)=O. The van der Waals surface area contributed by atoms with Crippen molar-refractivity contribution >= 4 is 46.6 Å². The van der Waals surface area contributed by atoms with Crippen molar-refractivity contribution in [3.63, 3.8) is 0 Å². The van der Waals surface area contributed by atoms with Crippen molar-refractivity contribution < 1.29 is 76.1 Å². The molecule has 2 aliphatic heterocycles. The van der Waals surface area contributed by atoms with Gasteiger partial charge in [-0.1, -0.05) is 18.2 Å². The van der Waals surface area contributed by atoms with Crippen molar-refractivity contribution in [2.75, 3.05) is 13.2 Å². The molecule has 0 amide bonds. The molecular weight excluding hydrogens is 640 g/mol. The fourth-order valence-electron chi connectivity index (χ4n) is 5.28. The highest BCUT2D eigenvalue weighted by molar-refractivity contribution is 5.89. The third kappa shape index (κ3) is 9.32. The quantitative estimate of drug-likeness (QED) is 0.261. The number of hydrogen-bond acceptors (Lipinski definition) is 16. The summed E-state index contributed by atoms with van der Waals surface area (Å²) in [5.74, 6) is -3.77. The van der Waals surface area contributed by atoms with E-state index in [4.69, 9.17) is 47.4 Å². The molecule has 2 saturated heterocycles. The number of rotatable bonds is 10. The van der Waals surface area contributed by atoms with E-state index in [9.17, 15) is 28.8 Å². The van der Waals surface area contributed by atoms with Gasteiger partial charge in [0.2, 0.25) is 24.8 Å². The summed E-state index contributed by atoms with van der Waals surface area (Å²) in [5, 5.41) is 1.17. The predicted octanol–water partition coefficient (Wildman–Crippen LogP) is 1.90. The smallest absolute Gasteiger partial charge is 0.303 e. The van der Waals surface area contributed by atoms with Crippen LogP contribution in [0, 0.1) is 0 Å². The Morgan fingerprint density at radius 2 is 0.979 bits per heavy atom. The van der Waals surface area contributed by atoms with E-state index in [1.165, 1.54) is 13.8 Å². The van der Waals surface area contributed by atoms with Gasteiger partial charge in [0.05, 0.1) is 13.2 Å². The molecule has 0 N–H and O–H groups in total. The van der Waals surface area contributed by atoms with Gasteiger partial charge >= 0.3 is 35.8 Å². The minimum atomic E-state index is -1.33. The summed E-state index contributed by atoms with van der Waals surface area (Å²) < 4.78 is 56.0. The van der Waals surface area contributed by atoms with Crippen LogP contribution >= 0.6 is 0 Å². The van der Waals surface area contributed by atoms with E-state index in [1.807, 2.05) is 0 Å². The lowest BCUT2D eigenvalue weighted by molar-refractivity contribution is -0.260. The van der Waals surface area contributed by atoms with Gasteiger partial charge in [-0.15, -0.1) is 0 Å². The average molecular weight is 677 g/mol. The minimum absolute atomic E-state index is 0.210. The standard InChI is InChI=1S/C32H36O16/c1-15(33)41-25-13-39-31(29(45-19(5)37)27(25)43-17(3)35)47-22-11-10-21-8-7-9-24(23(21)12-22)48-32-30(46-20(6)38)28(44-18(4)36)26(14-40-32)42-16(2)34/h7-12,25-32H,13-14H2,1-6H3/t25-,26-,27+,28+,29-,30-,31+,32+/m1/s1. The Kier molecular flexibility index (Phi) is 11.8. The van der Waals surface area contributed by atoms with Crippen molar-refractivity contribution in [3.8, 4) is 11.5 Å². The lowest BCUT2D eigenvalue weighted by Gasteiger charge is -2.40. The number of carbonyl (C=O) groups excluding carboxylic acids is 6. The van der Waals surface area contributed by atoms with E-state index in [0.717, 1.165) is 27.7 Å². The average Bonchev–Trinajstić information content (AvgIpc) is 2.97. The van der Waals surface area contributed by atoms with E-state index < -0.39 is 85.0 Å². The number of ether oxygens (including phenoxy) is 10. The van der Waals surface area contributed by atoms with Crippen molar-refractivity contribution in [2.24, 2.45) is 0 Å². The molecule has 2 aliphatic rings. The van der Waals surface area contributed by atoms with Gasteiger partial charge in [0, 0.05) is 46.9 Å². The minimum Gasteiger partial charge on any atom is -0.461 e. The molecule has 8 atom stereocenters. The molecule has 0 unspecified atom stereocenters. The maximum absolute atomic E-state index is 12.1. The highest BCUT2D eigenvalue weighted by atomic mass is 16.7. The van der Waals surface area contributed by atoms with Gasteiger partial charge in [-0.2, -0.15) is 0 Å². The lowest BCUT2D eigenvalue weighted by Crippen LogP contribution is -2.59. The molecular formula is C32H36O16. The number of hydrogen-bond donors (Lipinski definition) is 0. The molecule has 0 spiro atoms. The Morgan fingerprint density at radius 1 is 0.542 bits per heavy atom. The van der Waals surface area contributed by atoms with E-state index in [0.29, 0.717) is 10.8 Å². The van der Waals surface area contributed by atoms with Gasteiger partial charge in [0.25, 0.3) is 0 Å². The number of carbonyl (C=O) groups is 6. The van der Waals surface area contributed by atoms with Gasteiger partial charge < -0.3 is 47.4 Å². The molecule has 16 nitrogen and oxygen atoms in total. The van der Waals surface area contributed by atoms with Gasteiger partial charge in [-0.25, -0.2) is 0 Å². The largest absolute Gasteiger partial charge is 0.461 e. The van der Waals surface area contributed by atoms with E-state index in [-0.39, 0.29) is 24.7 Å². The summed E-state index contributed by atoms with van der Waals surface area (Å²) in [7, 11) is 0. The molecule has 2 heterocycles. The van der Waals surface area contributed by atoms with Crippen LogP contribution in [0.5, 0.6) is 11.5 Å². The first-order chi connectivity index (χ1) is 22.7. The topological polar surface area (TPSA) is 195 Å². The van der Waals surface area contributed by atoms with Crippen molar-refractivity contribution in [1.82, 2.24) is 0 Å². The lowest BCUT2D eigenvalue weighted by atomic mass is 10.0. The first kappa shape index (κ1) is 35.9. The van der Waals surface area contributed by atoms with Crippen LogP contribution < -0.4 is 9.47 Å². The summed E-state index contributed by atoms with van der Waals surface area (Å²) in [6, 6.07) is 10.0. The Morgan fingerprint density at radius 3 is 1.44 bits per heavy atom. The fourth-order valence-corrected chi connectivity index (χ4v) is 5.28. The van der Waals surface area contributed by atoms with Crippen LogP contribution in [-0.4, -0.2) is 98.2 Å². The maximum atomic E-state index is 12.1. The van der Waals surface area contributed by atoms with E-state index in [2.05, 4.69) is 0 Å². The molecule has 0 saturated carbocycles. The van der Waals surface area contributed by atoms with Gasteiger partial charge in [-0.3, -0.25) is 28.8 Å². The third-order valence-corrected chi connectivity index (χ3v) is 6.92. The van der Waals surface area contributed by atoms with Crippen molar-refractivity contribution in [1.29, 1.82) is 0 Å². The second kappa shape index (κ2) is 15.8. The second-order valence-corrected chi connectivity index (χ2v) is 10.9. The van der Waals surface area contributed by atoms with Crippen LogP contribution in [0.4, 0.5) is 0 Å². The Bertz CT molecular complexity index is 1540. The summed E-state index contributed by atoms with van der Waals surface area (Å²) in [4.78, 5) is 71.4. The molecule has 0 radical (unpaired) electrons. The third-order valence-electron chi connectivity index (χ3n) is 6.92. The molecule has 260 valence electrons. The van der Waals surface area contributed by atoms with Crippen LogP contribution in [-0.2, 0) is 66.7 Å². The number of benzene rings is 2. The number of fused-ring (bicyclic) bond motifs is 1. The molecule has 0 aliphatic carbocycles. The summed E-state index contributed by atoms with van der Waals surface area (Å²) in [6.45, 7) is 6.46. The molecule has 48 heavy (non-hydrogen) atoms. The van der Waals surface area contributed by atoms with Gasteiger partial charge in [0.1, 0.15) is 11.5 Å². The van der Waals surface area contributed by atoms with Crippen LogP contribution in [0.25, 0.3) is 10.8 Å². The van der Waals surface area contributed by atoms with E-state index in [1.54, 1.807) is 36.4 Å². The van der Waals surface area contributed by atoms with Crippen LogP contribution in [0.1, 0.15) is 41.5 Å². The molecule has 2 aromatic rings. The Labute approximate surface area is 274 Å². The van der Waals surface area contributed by atoms with Crippen LogP contribution in [0.3, 0.4) is 0 Å². The molecule has 4 rings (SSSR count). The van der Waals surface area contributed by atoms with Gasteiger partial charge in [0.15, 0.2) is 24.4 Å². The molecule has 2 aromatic carbocycles.